The first-order valence-electron chi connectivity index (χ1n) is 34.5. The van der Waals surface area contributed by atoms with E-state index in [1.54, 1.807) is 6.08 Å². The minimum Gasteiger partial charge on any atom is -0.387 e. The van der Waals surface area contributed by atoms with Crippen molar-refractivity contribution >= 4 is 13.7 Å². The standard InChI is InChI=1S/C70H135N2O6P/c1-6-8-10-12-14-16-18-20-22-24-26-28-30-32-34-36-38-40-42-44-46-48-50-52-54-56-58-60-62-64-70(74)71-68(67-78-79(75,76)77-66-65-72(3,4)5)69(73)63-61-59-57-55-53-51-49-47-45-43-41-39-37-35-33-31-29-27-25-23-21-19-17-15-13-11-9-7-2/h18,20,24,26,53,55,61,63,68-69,73H,6-17,19,21-23,25,27-52,54,56-60,62,64-67H2,1-5H3,(H-,71,74,75,76)/p+1/b20-18-,26-24-,55-53+,63-61+. The lowest BCUT2D eigenvalue weighted by molar-refractivity contribution is -0.870. The highest BCUT2D eigenvalue weighted by atomic mass is 31.2. The summed E-state index contributed by atoms with van der Waals surface area (Å²) in [5, 5.41) is 14.0. The number of quaternary nitrogens is 1. The Morgan fingerprint density at radius 1 is 0.430 bits per heavy atom. The fourth-order valence-electron chi connectivity index (χ4n) is 10.4. The van der Waals surface area contributed by atoms with Gasteiger partial charge in [0.25, 0.3) is 0 Å². The lowest BCUT2D eigenvalue weighted by atomic mass is 10.0. The van der Waals surface area contributed by atoms with Gasteiger partial charge in [0.2, 0.25) is 5.91 Å². The van der Waals surface area contributed by atoms with Gasteiger partial charge in [-0.25, -0.2) is 4.57 Å². The third-order valence-electron chi connectivity index (χ3n) is 15.8. The number of phosphoric ester groups is 1. The molecule has 79 heavy (non-hydrogen) atoms. The van der Waals surface area contributed by atoms with Gasteiger partial charge >= 0.3 is 7.82 Å². The Balaban J connectivity index is 4.10. The third kappa shape index (κ3) is 63.9. The number of amides is 1. The second-order valence-corrected chi connectivity index (χ2v) is 26.4. The molecular weight excluding hydrogens is 996 g/mol. The minimum atomic E-state index is -4.36. The summed E-state index contributed by atoms with van der Waals surface area (Å²) in [6.45, 7) is 4.83. The fraction of sp³-hybridized carbons (Fsp3) is 0.871. The van der Waals surface area contributed by atoms with Gasteiger partial charge in [0.15, 0.2) is 0 Å². The Kier molecular flexibility index (Phi) is 59.8. The molecule has 0 bridgehead atoms. The number of phosphoric acid groups is 1. The number of allylic oxidation sites excluding steroid dienone is 7. The van der Waals surface area contributed by atoms with Crippen LogP contribution in [0.2, 0.25) is 0 Å². The number of carbonyl (C=O) groups excluding carboxylic acids is 1. The van der Waals surface area contributed by atoms with Crippen LogP contribution in [0.25, 0.3) is 0 Å². The van der Waals surface area contributed by atoms with E-state index in [0.717, 1.165) is 44.9 Å². The van der Waals surface area contributed by atoms with Crippen molar-refractivity contribution < 1.29 is 32.9 Å². The van der Waals surface area contributed by atoms with Gasteiger partial charge < -0.3 is 19.8 Å². The predicted octanol–water partition coefficient (Wildman–Crippen LogP) is 21.8. The zero-order valence-corrected chi connectivity index (χ0v) is 54.3. The lowest BCUT2D eigenvalue weighted by Crippen LogP contribution is -2.45. The van der Waals surface area contributed by atoms with Crippen molar-refractivity contribution in [1.82, 2.24) is 5.32 Å². The Labute approximate surface area is 492 Å². The molecule has 0 aromatic carbocycles. The summed E-state index contributed by atoms with van der Waals surface area (Å²) in [6, 6.07) is -0.865. The molecule has 0 rings (SSSR count). The second kappa shape index (κ2) is 61.0. The number of likely N-dealkylation sites (N-methyl/N-ethyl adjacent to an activating group) is 1. The maximum atomic E-state index is 13.0. The number of unbranched alkanes of at least 4 members (excludes halogenated alkanes) is 45. The molecule has 3 atom stereocenters. The number of hydrogen-bond donors (Lipinski definition) is 3. The largest absolute Gasteiger partial charge is 0.472 e. The number of aliphatic hydroxyl groups is 1. The molecule has 8 nitrogen and oxygen atoms in total. The summed E-state index contributed by atoms with van der Waals surface area (Å²) in [5.41, 5.74) is 0. The Morgan fingerprint density at radius 3 is 1.09 bits per heavy atom. The van der Waals surface area contributed by atoms with Crippen molar-refractivity contribution in [1.29, 1.82) is 0 Å². The Bertz CT molecular complexity index is 1430. The van der Waals surface area contributed by atoms with Gasteiger partial charge in [-0.1, -0.05) is 319 Å². The molecule has 0 radical (unpaired) electrons. The molecule has 3 N–H and O–H groups in total. The summed E-state index contributed by atoms with van der Waals surface area (Å²) >= 11 is 0. The maximum absolute atomic E-state index is 13.0. The predicted molar refractivity (Wildman–Crippen MR) is 346 cm³/mol. The van der Waals surface area contributed by atoms with Crippen molar-refractivity contribution in [3.05, 3.63) is 48.6 Å². The molecule has 0 aliphatic carbocycles. The third-order valence-corrected chi connectivity index (χ3v) is 16.8. The van der Waals surface area contributed by atoms with Crippen LogP contribution in [-0.2, 0) is 18.4 Å². The van der Waals surface area contributed by atoms with Gasteiger partial charge in [-0.15, -0.1) is 0 Å². The molecule has 0 saturated carbocycles. The molecule has 0 fully saturated rings. The van der Waals surface area contributed by atoms with Gasteiger partial charge in [0.1, 0.15) is 13.2 Å². The van der Waals surface area contributed by atoms with Gasteiger partial charge in [-0.05, 0) is 64.2 Å². The number of nitrogens with zero attached hydrogens (tertiary/aromatic N) is 1. The number of hydrogen-bond acceptors (Lipinski definition) is 5. The highest BCUT2D eigenvalue weighted by Crippen LogP contribution is 2.43. The van der Waals surface area contributed by atoms with Crippen LogP contribution in [0.3, 0.4) is 0 Å². The average molecular weight is 1130 g/mol. The highest BCUT2D eigenvalue weighted by molar-refractivity contribution is 7.47. The monoisotopic (exact) mass is 1130 g/mol. The fourth-order valence-corrected chi connectivity index (χ4v) is 11.1. The van der Waals surface area contributed by atoms with E-state index in [2.05, 4.69) is 55.6 Å². The summed E-state index contributed by atoms with van der Waals surface area (Å²) in [4.78, 5) is 23.4. The van der Waals surface area contributed by atoms with Gasteiger partial charge in [-0.3, -0.25) is 13.8 Å². The van der Waals surface area contributed by atoms with E-state index in [1.165, 1.54) is 276 Å². The summed E-state index contributed by atoms with van der Waals surface area (Å²) in [7, 11) is 1.57. The first kappa shape index (κ1) is 77.5. The first-order valence-corrected chi connectivity index (χ1v) is 36.0. The van der Waals surface area contributed by atoms with Crippen molar-refractivity contribution in [3.8, 4) is 0 Å². The van der Waals surface area contributed by atoms with Crippen LogP contribution >= 0.6 is 7.82 Å². The number of rotatable bonds is 64. The minimum absolute atomic E-state index is 0.0569. The highest BCUT2D eigenvalue weighted by Gasteiger charge is 2.28. The van der Waals surface area contributed by atoms with E-state index >= 15 is 0 Å². The van der Waals surface area contributed by atoms with Crippen LogP contribution in [0, 0.1) is 0 Å². The van der Waals surface area contributed by atoms with Gasteiger partial charge in [-0.2, -0.15) is 0 Å². The first-order chi connectivity index (χ1) is 38.5. The van der Waals surface area contributed by atoms with E-state index in [0.29, 0.717) is 17.4 Å². The molecule has 0 aromatic rings. The second-order valence-electron chi connectivity index (χ2n) is 24.9. The maximum Gasteiger partial charge on any atom is 0.472 e. The van der Waals surface area contributed by atoms with E-state index < -0.39 is 20.0 Å². The molecule has 0 aromatic heterocycles. The number of carbonyl (C=O) groups is 1. The lowest BCUT2D eigenvalue weighted by Gasteiger charge is -2.25. The van der Waals surface area contributed by atoms with Crippen LogP contribution in [0.5, 0.6) is 0 Å². The molecule has 3 unspecified atom stereocenters. The summed E-state index contributed by atoms with van der Waals surface area (Å²) in [5.74, 6) is -0.181. The van der Waals surface area contributed by atoms with Gasteiger partial charge in [0, 0.05) is 6.42 Å². The zero-order valence-electron chi connectivity index (χ0n) is 53.4. The van der Waals surface area contributed by atoms with Crippen LogP contribution in [0.15, 0.2) is 48.6 Å². The molecule has 0 aliphatic heterocycles. The molecule has 9 heteroatoms. The summed E-state index contributed by atoms with van der Waals surface area (Å²) in [6.07, 6.45) is 82.6. The van der Waals surface area contributed by atoms with Crippen LogP contribution in [0.1, 0.15) is 341 Å². The van der Waals surface area contributed by atoms with Crippen molar-refractivity contribution in [2.45, 2.75) is 353 Å². The van der Waals surface area contributed by atoms with E-state index in [9.17, 15) is 19.4 Å². The van der Waals surface area contributed by atoms with E-state index in [1.807, 2.05) is 27.2 Å². The van der Waals surface area contributed by atoms with Crippen molar-refractivity contribution in [2.24, 2.45) is 0 Å². The zero-order chi connectivity index (χ0) is 57.7. The SMILES string of the molecule is CCCCCCC/C=C\C/C=C\CCCCCCCCCCCCCCCCCCCC(=O)NC(COP(=O)(O)OCC[N+](C)(C)C)C(O)/C=C/CC/C=C/CCCCCCCCCCCCCCCCCCCCCCCC. The molecule has 0 heterocycles. The topological polar surface area (TPSA) is 105 Å². The molecule has 0 spiro atoms. The average Bonchev–Trinajstić information content (AvgIpc) is 3.42. The number of nitrogens with one attached hydrogen (secondary N) is 1. The number of aliphatic hydroxyl groups excluding tert-OH is 1. The Morgan fingerprint density at radius 2 is 0.734 bits per heavy atom. The van der Waals surface area contributed by atoms with Crippen molar-refractivity contribution in [2.75, 3.05) is 40.9 Å². The van der Waals surface area contributed by atoms with Gasteiger partial charge in [0.05, 0.1) is 39.9 Å². The molecule has 0 aliphatic rings. The molecule has 466 valence electrons. The molecule has 0 saturated heterocycles. The van der Waals surface area contributed by atoms with Crippen LogP contribution < -0.4 is 5.32 Å². The molecule has 1 amide bonds. The Hall–Kier alpha value is -1.54. The van der Waals surface area contributed by atoms with E-state index in [4.69, 9.17) is 9.05 Å². The van der Waals surface area contributed by atoms with E-state index in [-0.39, 0.29) is 19.1 Å². The summed E-state index contributed by atoms with van der Waals surface area (Å²) < 4.78 is 23.8. The smallest absolute Gasteiger partial charge is 0.387 e. The van der Waals surface area contributed by atoms with Crippen molar-refractivity contribution in [3.63, 3.8) is 0 Å². The quantitative estimate of drug-likeness (QED) is 0.0243. The normalized spacial score (nSPS) is 14.0. The van der Waals surface area contributed by atoms with Crippen LogP contribution in [0.4, 0.5) is 0 Å². The van der Waals surface area contributed by atoms with Crippen LogP contribution in [-0.4, -0.2) is 73.4 Å². The molecular formula is C70H136N2O6P+.